The van der Waals surface area contributed by atoms with Crippen LogP contribution in [0, 0.1) is 27.7 Å². The van der Waals surface area contributed by atoms with E-state index in [2.05, 4.69) is 9.97 Å². The van der Waals surface area contributed by atoms with E-state index in [0.29, 0.717) is 0 Å². The van der Waals surface area contributed by atoms with Crippen LogP contribution in [0.5, 0.6) is 0 Å². The molecule has 0 amide bonds. The molecule has 3 aromatic heterocycles. The summed E-state index contributed by atoms with van der Waals surface area (Å²) in [6.07, 6.45) is 3.20. The van der Waals surface area contributed by atoms with Crippen molar-refractivity contribution >= 4 is 11.4 Å². The van der Waals surface area contributed by atoms with Crippen LogP contribution in [-0.4, -0.2) is 45.1 Å². The number of hydrogen-bond donors (Lipinski definition) is 8. The number of nitrogens with zero attached hydrogens (tertiary/aromatic N) is 2. The fourth-order valence-corrected chi connectivity index (χ4v) is 1.34. The van der Waals surface area contributed by atoms with Gasteiger partial charge in [-0.1, -0.05) is 0 Å². The zero-order valence-electron chi connectivity index (χ0n) is 16.6. The topological polar surface area (TPSA) is 330 Å². The van der Waals surface area contributed by atoms with Gasteiger partial charge in [0.1, 0.15) is 5.69 Å². The molecule has 3 rings (SSSR count). The van der Waals surface area contributed by atoms with Gasteiger partial charge in [-0.25, -0.2) is 14.4 Å². The number of nitrogens with two attached hydrogens (primary N) is 1. The van der Waals surface area contributed by atoms with Gasteiger partial charge in [0.05, 0.1) is 11.1 Å². The van der Waals surface area contributed by atoms with Gasteiger partial charge in [-0.05, 0) is 0 Å². The smallest absolute Gasteiger partial charge is 0.349 e. The largest absolute Gasteiger partial charge is 0.393 e. The number of aromatic nitrogens is 6. The second-order valence-electron chi connectivity index (χ2n) is 4.78. The molecule has 190 valence electrons. The van der Waals surface area contributed by atoms with Crippen molar-refractivity contribution in [2.45, 2.75) is 0 Å². The molecule has 0 aliphatic heterocycles. The van der Waals surface area contributed by atoms with Crippen LogP contribution in [0.1, 0.15) is 0 Å². The average Bonchev–Trinajstić information content (AvgIpc) is 2.65. The summed E-state index contributed by atoms with van der Waals surface area (Å²) in [5.74, 6) is 0. The molecule has 0 aromatic carbocycles. The summed E-state index contributed by atoms with van der Waals surface area (Å²) in [4.78, 5) is 91.6. The first kappa shape index (κ1) is 33.7. The molecule has 0 unspecified atom stereocenters. The van der Waals surface area contributed by atoms with Gasteiger partial charge in [0.2, 0.25) is 0 Å². The van der Waals surface area contributed by atoms with Crippen molar-refractivity contribution in [1.82, 2.24) is 29.9 Å². The van der Waals surface area contributed by atoms with Gasteiger partial charge in [-0.3, -0.25) is 39.4 Å². The van der Waals surface area contributed by atoms with Crippen molar-refractivity contribution < 1.29 is 35.6 Å². The number of nitrogen functional groups attached to an aromatic ring is 1. The summed E-state index contributed by atoms with van der Waals surface area (Å²) in [5, 5.41) is 23.6. The third-order valence-electron chi connectivity index (χ3n) is 2.53. The Labute approximate surface area is 197 Å². The molecule has 9 N–H and O–H groups in total. The van der Waals surface area contributed by atoms with Gasteiger partial charge in [-0.2, -0.15) is 0 Å². The van der Waals surface area contributed by atoms with E-state index in [0.717, 1.165) is 12.4 Å². The summed E-state index contributed by atoms with van der Waals surface area (Å²) in [6, 6.07) is 1.24. The van der Waals surface area contributed by atoms with Crippen LogP contribution in [0.3, 0.4) is 0 Å². The Morgan fingerprint density at radius 3 is 1.56 bits per heavy atom. The van der Waals surface area contributed by atoms with Crippen LogP contribution in [-0.2, 0) is 20.4 Å². The molecule has 3 heterocycles. The minimum atomic E-state index is -1.50. The molecule has 0 fully saturated rings. The van der Waals surface area contributed by atoms with Crippen LogP contribution >= 0.6 is 0 Å². The molecule has 34 heavy (non-hydrogen) atoms. The summed E-state index contributed by atoms with van der Waals surface area (Å²) in [6.45, 7) is 0. The molecule has 0 spiro atoms. The van der Waals surface area contributed by atoms with Crippen molar-refractivity contribution in [3.05, 3.63) is 115 Å². The average molecular weight is 581 g/mol. The molecular formula is C13H16N9O11Pd-. The van der Waals surface area contributed by atoms with E-state index >= 15 is 0 Å². The molecule has 21 heteroatoms. The maximum absolute atomic E-state index is 10.6. The second-order valence-corrected chi connectivity index (χ2v) is 4.78. The summed E-state index contributed by atoms with van der Waals surface area (Å²) >= 11 is 0. The molecule has 3 aromatic rings. The van der Waals surface area contributed by atoms with E-state index in [4.69, 9.17) is 21.1 Å². The number of nitro groups is 1. The first-order valence-electron chi connectivity index (χ1n) is 7.48. The Hall–Kier alpha value is -4.90. The van der Waals surface area contributed by atoms with Gasteiger partial charge >= 0.3 is 28.3 Å². The number of rotatable bonds is 1. The SMILES string of the molecule is Nc1c[nH]c(=O)[nH]c1=O.O=[N+]([O-])O.O=c1[nH]cc([N+](=O)[O-])c(=O)[nH]1.O=c1cc[nH]c(=O)[nH]1.[CH3-].[Pd]. The van der Waals surface area contributed by atoms with Crippen LogP contribution in [0.25, 0.3) is 0 Å². The van der Waals surface area contributed by atoms with E-state index < -0.39 is 43.9 Å². The van der Waals surface area contributed by atoms with E-state index in [1.54, 1.807) is 4.98 Å². The molecule has 0 bridgehead atoms. The number of H-pyrrole nitrogens is 6. The molecule has 20 nitrogen and oxygen atoms in total. The Morgan fingerprint density at radius 1 is 0.794 bits per heavy atom. The van der Waals surface area contributed by atoms with Gasteiger partial charge in [0.15, 0.2) is 0 Å². The normalized spacial score (nSPS) is 8.35. The predicted octanol–water partition coefficient (Wildman–Crippen LogP) is -3.22. The zero-order chi connectivity index (χ0) is 24.8. The molecule has 0 saturated heterocycles. The third-order valence-corrected chi connectivity index (χ3v) is 2.53. The standard InChI is InChI=1S/C4H3N3O4.C4H5N3O2.C4H4N2O2.CH3.HNO3.Pd/c8-3-2(7(10)11)1-5-4(9)6-3;5-2-1-6-4(9)7-3(2)8;7-3-1-2-5-4(8)6-3;;2-1(3)4;/h1H,(H2,5,6,8,9);1H,5H2,(H2,6,7,8,9);1-2H,(H2,5,6,7,8);1H3;(H,2,3,4);/q;;;-1;;. The maximum atomic E-state index is 10.6. The zero-order valence-corrected chi connectivity index (χ0v) is 18.2. The van der Waals surface area contributed by atoms with Crippen molar-refractivity contribution in [2.24, 2.45) is 0 Å². The summed E-state index contributed by atoms with van der Waals surface area (Å²) in [5.41, 5.74) is 0.684. The fraction of sp³-hybridized carbons (Fsp3) is 0. The number of aromatic amines is 6. The Balaban J connectivity index is -0.000000386. The minimum Gasteiger partial charge on any atom is -0.393 e. The van der Waals surface area contributed by atoms with Crippen molar-refractivity contribution in [2.75, 3.05) is 5.73 Å². The summed E-state index contributed by atoms with van der Waals surface area (Å²) < 4.78 is 0. The third kappa shape index (κ3) is 15.0. The van der Waals surface area contributed by atoms with Gasteiger partial charge in [0, 0.05) is 38.9 Å². The first-order valence-corrected chi connectivity index (χ1v) is 7.48. The van der Waals surface area contributed by atoms with E-state index in [9.17, 15) is 38.9 Å². The summed E-state index contributed by atoms with van der Waals surface area (Å²) in [7, 11) is 0. The van der Waals surface area contributed by atoms with Crippen LogP contribution in [0.4, 0.5) is 11.4 Å². The Bertz CT molecular complexity index is 1370. The first-order chi connectivity index (χ1) is 14.8. The van der Waals surface area contributed by atoms with E-state index in [-0.39, 0.29) is 39.1 Å². The van der Waals surface area contributed by atoms with Crippen LogP contribution < -0.4 is 39.5 Å². The molecule has 0 aliphatic rings. The number of hydrogen-bond acceptors (Lipinski definition) is 11. The van der Waals surface area contributed by atoms with Crippen molar-refractivity contribution in [3.63, 3.8) is 0 Å². The predicted molar refractivity (Wildman–Crippen MR) is 109 cm³/mol. The second kappa shape index (κ2) is 16.8. The van der Waals surface area contributed by atoms with Crippen LogP contribution in [0.15, 0.2) is 53.4 Å². The van der Waals surface area contributed by atoms with E-state index in [1.165, 1.54) is 12.3 Å². The van der Waals surface area contributed by atoms with E-state index in [1.807, 2.05) is 15.0 Å². The van der Waals surface area contributed by atoms with Gasteiger partial charge in [-0.15, -0.1) is 10.1 Å². The number of nitrogens with one attached hydrogen (secondary N) is 6. The molecular weight excluding hydrogens is 565 g/mol. The number of anilines is 1. The van der Waals surface area contributed by atoms with Crippen molar-refractivity contribution in [3.8, 4) is 0 Å². The maximum Gasteiger partial charge on any atom is 0.349 e. The van der Waals surface area contributed by atoms with Crippen molar-refractivity contribution in [1.29, 1.82) is 0 Å². The van der Waals surface area contributed by atoms with Crippen LogP contribution in [0.2, 0.25) is 0 Å². The van der Waals surface area contributed by atoms with Gasteiger partial charge < -0.3 is 33.3 Å². The minimum absolute atomic E-state index is 0. The molecule has 0 aliphatic carbocycles. The molecule has 0 saturated carbocycles. The Morgan fingerprint density at radius 2 is 1.24 bits per heavy atom. The monoisotopic (exact) mass is 580 g/mol. The quantitative estimate of drug-likeness (QED) is 0.0609. The Kier molecular flexibility index (Phi) is 16.6. The van der Waals surface area contributed by atoms with Gasteiger partial charge in [0.25, 0.3) is 16.2 Å². The molecule has 0 atom stereocenters. The fourth-order valence-electron chi connectivity index (χ4n) is 1.34. The molecule has 0 radical (unpaired) electrons.